The molecule has 0 spiro atoms. The maximum atomic E-state index is 12.6. The number of nitrogens with one attached hydrogen (secondary N) is 1. The molecule has 0 saturated heterocycles. The summed E-state index contributed by atoms with van der Waals surface area (Å²) in [6.07, 6.45) is 1.59. The van der Waals surface area contributed by atoms with Gasteiger partial charge in [-0.25, -0.2) is 13.4 Å². The maximum Gasteiger partial charge on any atom is 0.243 e. The Balaban J connectivity index is 1.71. The van der Waals surface area contributed by atoms with Crippen LogP contribution in [-0.2, 0) is 10.0 Å². The minimum Gasteiger partial charge on any atom is -0.253 e. The first-order valence-corrected chi connectivity index (χ1v) is 12.2. The van der Waals surface area contributed by atoms with Crippen LogP contribution in [0.5, 0.6) is 0 Å². The average molecular weight is 483 g/mol. The number of hydrazone groups is 1. The van der Waals surface area contributed by atoms with Gasteiger partial charge in [-0.3, -0.25) is 5.43 Å². The number of thiazole rings is 1. The summed E-state index contributed by atoms with van der Waals surface area (Å²) >= 11 is 13.4. The predicted octanol–water partition coefficient (Wildman–Crippen LogP) is 5.59. The summed E-state index contributed by atoms with van der Waals surface area (Å²) < 4.78 is 26.6. The van der Waals surface area contributed by atoms with E-state index >= 15 is 0 Å². The van der Waals surface area contributed by atoms with Crippen molar-refractivity contribution in [2.24, 2.45) is 5.10 Å². The molecule has 3 aromatic rings. The monoisotopic (exact) mass is 482 g/mol. The van der Waals surface area contributed by atoms with Crippen LogP contribution in [-0.4, -0.2) is 37.0 Å². The van der Waals surface area contributed by atoms with Crippen LogP contribution < -0.4 is 5.43 Å². The summed E-state index contributed by atoms with van der Waals surface area (Å²) in [7, 11) is -3.47. The van der Waals surface area contributed by atoms with Gasteiger partial charge < -0.3 is 0 Å². The zero-order valence-electron chi connectivity index (χ0n) is 16.3. The van der Waals surface area contributed by atoms with Crippen LogP contribution in [0, 0.1) is 0 Å². The van der Waals surface area contributed by atoms with Crippen LogP contribution in [0.3, 0.4) is 0 Å². The molecule has 0 radical (unpaired) electrons. The lowest BCUT2D eigenvalue weighted by molar-refractivity contribution is 0.445. The molecule has 6 nitrogen and oxygen atoms in total. The van der Waals surface area contributed by atoms with Crippen LogP contribution in [0.15, 0.2) is 57.8 Å². The zero-order valence-corrected chi connectivity index (χ0v) is 19.5. The molecule has 30 heavy (non-hydrogen) atoms. The van der Waals surface area contributed by atoms with Gasteiger partial charge in [0, 0.05) is 34.6 Å². The van der Waals surface area contributed by atoms with Crippen LogP contribution >= 0.6 is 34.5 Å². The van der Waals surface area contributed by atoms with Crippen molar-refractivity contribution in [1.82, 2.24) is 9.29 Å². The Morgan fingerprint density at radius 1 is 1.13 bits per heavy atom. The summed E-state index contributed by atoms with van der Waals surface area (Å²) in [5.41, 5.74) is 5.16. The van der Waals surface area contributed by atoms with Crippen molar-refractivity contribution in [2.75, 3.05) is 18.5 Å². The van der Waals surface area contributed by atoms with Crippen molar-refractivity contribution in [3.63, 3.8) is 0 Å². The van der Waals surface area contributed by atoms with E-state index in [9.17, 15) is 8.42 Å². The molecule has 3 rings (SSSR count). The van der Waals surface area contributed by atoms with Crippen molar-refractivity contribution in [3.05, 3.63) is 63.5 Å². The fourth-order valence-electron chi connectivity index (χ4n) is 2.73. The van der Waals surface area contributed by atoms with E-state index in [0.717, 1.165) is 16.8 Å². The molecule has 158 valence electrons. The fraction of sp³-hybridized carbons (Fsp3) is 0.200. The van der Waals surface area contributed by atoms with Gasteiger partial charge in [-0.15, -0.1) is 11.3 Å². The molecular weight excluding hydrogens is 463 g/mol. The number of halogens is 2. The van der Waals surface area contributed by atoms with E-state index in [1.165, 1.54) is 15.6 Å². The number of aromatic nitrogens is 1. The molecule has 0 aliphatic carbocycles. The first kappa shape index (κ1) is 22.7. The molecule has 0 aliphatic heterocycles. The summed E-state index contributed by atoms with van der Waals surface area (Å²) in [4.78, 5) is 4.76. The van der Waals surface area contributed by atoms with Gasteiger partial charge in [-0.05, 0) is 24.3 Å². The third-order valence-electron chi connectivity index (χ3n) is 4.32. The lowest BCUT2D eigenvalue weighted by Gasteiger charge is -2.18. The smallest absolute Gasteiger partial charge is 0.243 e. The van der Waals surface area contributed by atoms with Crippen molar-refractivity contribution in [1.29, 1.82) is 0 Å². The second-order valence-electron chi connectivity index (χ2n) is 6.19. The maximum absolute atomic E-state index is 12.6. The Bertz CT molecular complexity index is 1140. The van der Waals surface area contributed by atoms with Gasteiger partial charge in [0.05, 0.1) is 21.8 Å². The highest BCUT2D eigenvalue weighted by Gasteiger charge is 2.21. The number of hydrogen-bond acceptors (Lipinski definition) is 6. The zero-order chi connectivity index (χ0) is 21.7. The molecule has 0 atom stereocenters. The second kappa shape index (κ2) is 9.89. The van der Waals surface area contributed by atoms with Crippen LogP contribution in [0.4, 0.5) is 5.13 Å². The SMILES string of the molecule is CCN(CC)S(=O)(=O)c1ccc(-c2csc(NN=Cc3ccc(Cl)cc3Cl)n2)cc1. The highest BCUT2D eigenvalue weighted by atomic mass is 35.5. The van der Waals surface area contributed by atoms with E-state index in [0.29, 0.717) is 28.3 Å². The average Bonchev–Trinajstić information content (AvgIpc) is 3.19. The first-order valence-electron chi connectivity index (χ1n) is 9.15. The van der Waals surface area contributed by atoms with E-state index in [2.05, 4.69) is 15.5 Å². The lowest BCUT2D eigenvalue weighted by Crippen LogP contribution is -2.30. The number of benzene rings is 2. The topological polar surface area (TPSA) is 74.7 Å². The number of rotatable bonds is 8. The molecule has 0 saturated carbocycles. The highest BCUT2D eigenvalue weighted by molar-refractivity contribution is 7.89. The molecule has 1 N–H and O–H groups in total. The van der Waals surface area contributed by atoms with Crippen molar-refractivity contribution in [3.8, 4) is 11.3 Å². The second-order valence-corrected chi connectivity index (χ2v) is 9.83. The minimum absolute atomic E-state index is 0.271. The van der Waals surface area contributed by atoms with Crippen molar-refractivity contribution in [2.45, 2.75) is 18.7 Å². The number of anilines is 1. The summed E-state index contributed by atoms with van der Waals surface area (Å²) in [6, 6.07) is 11.9. The molecule has 1 aromatic heterocycles. The molecule has 0 amide bonds. The minimum atomic E-state index is -3.47. The third-order valence-corrected chi connectivity index (χ3v) is 7.70. The van der Waals surface area contributed by atoms with E-state index in [4.69, 9.17) is 23.2 Å². The summed E-state index contributed by atoms with van der Waals surface area (Å²) in [5, 5.41) is 7.70. The summed E-state index contributed by atoms with van der Waals surface area (Å²) in [5.74, 6) is 0. The molecule has 1 heterocycles. The van der Waals surface area contributed by atoms with Crippen LogP contribution in [0.1, 0.15) is 19.4 Å². The lowest BCUT2D eigenvalue weighted by atomic mass is 10.2. The number of hydrogen-bond donors (Lipinski definition) is 1. The molecule has 10 heteroatoms. The van der Waals surface area contributed by atoms with Gasteiger partial charge in [0.15, 0.2) is 0 Å². The molecule has 0 unspecified atom stereocenters. The van der Waals surface area contributed by atoms with Gasteiger partial charge in [-0.1, -0.05) is 55.2 Å². The fourth-order valence-corrected chi connectivity index (χ4v) is 5.31. The Morgan fingerprint density at radius 3 is 2.47 bits per heavy atom. The van der Waals surface area contributed by atoms with Crippen molar-refractivity contribution < 1.29 is 8.42 Å². The van der Waals surface area contributed by atoms with E-state index in [-0.39, 0.29) is 4.90 Å². The van der Waals surface area contributed by atoms with Gasteiger partial charge in [0.2, 0.25) is 15.2 Å². The largest absolute Gasteiger partial charge is 0.253 e. The molecule has 2 aromatic carbocycles. The molecular formula is C20H20Cl2N4O2S2. The molecule has 0 fully saturated rings. The number of nitrogens with zero attached hydrogens (tertiary/aromatic N) is 3. The predicted molar refractivity (Wildman–Crippen MR) is 125 cm³/mol. The van der Waals surface area contributed by atoms with E-state index in [1.54, 1.807) is 48.7 Å². The Labute approximate surface area is 190 Å². The van der Waals surface area contributed by atoms with Crippen LogP contribution in [0.25, 0.3) is 11.3 Å². The van der Waals surface area contributed by atoms with Gasteiger partial charge in [0.1, 0.15) is 0 Å². The van der Waals surface area contributed by atoms with Gasteiger partial charge in [-0.2, -0.15) is 9.41 Å². The van der Waals surface area contributed by atoms with Gasteiger partial charge in [0.25, 0.3) is 0 Å². The standard InChI is InChI=1S/C20H20Cl2N4O2S2/c1-3-26(4-2)30(27,28)17-9-6-14(7-10-17)19-13-29-20(24-19)25-23-12-15-5-8-16(21)11-18(15)22/h5-13H,3-4H2,1-2H3,(H,24,25). The number of sulfonamides is 1. The first-order chi connectivity index (χ1) is 14.3. The quantitative estimate of drug-likeness (QED) is 0.335. The Kier molecular flexibility index (Phi) is 7.49. The third kappa shape index (κ3) is 5.19. The summed E-state index contributed by atoms with van der Waals surface area (Å²) in [6.45, 7) is 4.51. The highest BCUT2D eigenvalue weighted by Crippen LogP contribution is 2.27. The normalized spacial score (nSPS) is 12.0. The van der Waals surface area contributed by atoms with Crippen molar-refractivity contribution >= 4 is 55.9 Å². The van der Waals surface area contributed by atoms with E-state index < -0.39 is 10.0 Å². The Morgan fingerprint density at radius 2 is 1.83 bits per heavy atom. The molecule has 0 bridgehead atoms. The molecule has 0 aliphatic rings. The Hall–Kier alpha value is -1.97. The van der Waals surface area contributed by atoms with Crippen LogP contribution in [0.2, 0.25) is 10.0 Å². The van der Waals surface area contributed by atoms with E-state index in [1.807, 2.05) is 19.2 Å². The van der Waals surface area contributed by atoms with Gasteiger partial charge >= 0.3 is 0 Å².